The van der Waals surface area contributed by atoms with Gasteiger partial charge in [0.1, 0.15) is 0 Å². The van der Waals surface area contributed by atoms with E-state index in [4.69, 9.17) is 17.3 Å². The van der Waals surface area contributed by atoms with Crippen molar-refractivity contribution >= 4 is 33.2 Å². The third-order valence-electron chi connectivity index (χ3n) is 1.50. The summed E-state index contributed by atoms with van der Waals surface area (Å²) in [5, 5.41) is 0.00479. The van der Waals surface area contributed by atoms with E-state index in [9.17, 15) is 13.2 Å². The first kappa shape index (κ1) is 12.4. The molecule has 0 unspecified atom stereocenters. The minimum absolute atomic E-state index is 0.165. The van der Waals surface area contributed by atoms with Crippen molar-refractivity contribution in [1.29, 1.82) is 0 Å². The van der Waals surface area contributed by atoms with E-state index < -0.39 is 12.1 Å². The number of nitrogen functional groups attached to an aromatic ring is 1. The first-order valence-electron chi connectivity index (χ1n) is 3.73. The van der Waals surface area contributed by atoms with Gasteiger partial charge in [0.2, 0.25) is 0 Å². The molecule has 0 aliphatic rings. The third kappa shape index (κ3) is 3.46. The Bertz CT molecular complexity index is 370. The van der Waals surface area contributed by atoms with Gasteiger partial charge in [-0.15, -0.1) is 13.2 Å². The zero-order valence-corrected chi connectivity index (χ0v) is 9.58. The second kappa shape index (κ2) is 4.49. The lowest BCUT2D eigenvalue weighted by atomic mass is 10.2. The first-order chi connectivity index (χ1) is 6.83. The van der Waals surface area contributed by atoms with Crippen molar-refractivity contribution in [3.05, 3.63) is 22.7 Å². The maximum absolute atomic E-state index is 12.0. The van der Waals surface area contributed by atoms with E-state index in [0.29, 0.717) is 0 Å². The number of alkyl halides is 4. The summed E-state index contributed by atoms with van der Waals surface area (Å²) in [6, 6.07) is 2.57. The summed E-state index contributed by atoms with van der Waals surface area (Å²) in [6.07, 6.45) is -4.77. The van der Waals surface area contributed by atoms with E-state index in [1.54, 1.807) is 0 Å². The molecule has 0 saturated heterocycles. The second-order valence-corrected chi connectivity index (χ2v) is 3.64. The van der Waals surface area contributed by atoms with Gasteiger partial charge in [0.15, 0.2) is 5.75 Å². The van der Waals surface area contributed by atoms with Crippen molar-refractivity contribution < 1.29 is 17.9 Å². The molecule has 0 saturated carbocycles. The molecule has 84 valence electrons. The summed E-state index contributed by atoms with van der Waals surface area (Å²) in [5.74, 6) is -0.421. The number of rotatable bonds is 2. The fourth-order valence-electron chi connectivity index (χ4n) is 1.00. The molecule has 0 amide bonds. The molecule has 1 aromatic carbocycles. The lowest BCUT2D eigenvalue weighted by Gasteiger charge is -2.14. The van der Waals surface area contributed by atoms with Gasteiger partial charge in [0.25, 0.3) is 0 Å². The highest BCUT2D eigenvalue weighted by molar-refractivity contribution is 9.08. The molecule has 0 bridgehead atoms. The van der Waals surface area contributed by atoms with Crippen LogP contribution in [0.25, 0.3) is 0 Å². The minimum atomic E-state index is -4.77. The zero-order chi connectivity index (χ0) is 11.6. The molecule has 0 radical (unpaired) electrons. The Balaban J connectivity index is 3.15. The highest BCUT2D eigenvalue weighted by atomic mass is 79.9. The van der Waals surface area contributed by atoms with Gasteiger partial charge < -0.3 is 10.5 Å². The summed E-state index contributed by atoms with van der Waals surface area (Å²) < 4.78 is 39.8. The Kier molecular flexibility index (Phi) is 3.72. The largest absolute Gasteiger partial charge is 0.573 e. The Labute approximate surface area is 97.3 Å². The molecule has 1 rings (SSSR count). The maximum atomic E-state index is 12.0. The lowest BCUT2D eigenvalue weighted by Crippen LogP contribution is -2.18. The molecule has 2 nitrogen and oxygen atoms in total. The highest BCUT2D eigenvalue weighted by Gasteiger charge is 2.33. The van der Waals surface area contributed by atoms with Gasteiger partial charge in [0.05, 0.1) is 5.02 Å². The van der Waals surface area contributed by atoms with Gasteiger partial charge in [0, 0.05) is 16.6 Å². The summed E-state index contributed by atoms with van der Waals surface area (Å²) in [4.78, 5) is 0. The van der Waals surface area contributed by atoms with E-state index >= 15 is 0 Å². The monoisotopic (exact) mass is 303 g/mol. The van der Waals surface area contributed by atoms with Crippen LogP contribution in [0.4, 0.5) is 18.9 Å². The normalized spacial score (nSPS) is 11.5. The number of hydrogen-bond donors (Lipinski definition) is 1. The number of halogens is 5. The molecule has 0 aliphatic heterocycles. The molecule has 0 aromatic heterocycles. The third-order valence-corrected chi connectivity index (χ3v) is 2.39. The van der Waals surface area contributed by atoms with E-state index in [2.05, 4.69) is 20.7 Å². The standard InChI is InChI=1S/C8H6BrClF3NO/c9-3-4-1-5(14)2-6(10)7(4)15-8(11,12)13/h1-2H,3,14H2. The first-order valence-corrected chi connectivity index (χ1v) is 5.23. The molecule has 0 atom stereocenters. The van der Waals surface area contributed by atoms with Gasteiger partial charge in [-0.05, 0) is 12.1 Å². The molecular formula is C8H6BrClF3NO. The zero-order valence-electron chi connectivity index (χ0n) is 7.24. The molecule has 0 spiro atoms. The SMILES string of the molecule is Nc1cc(Cl)c(OC(F)(F)F)c(CBr)c1. The quantitative estimate of drug-likeness (QED) is 0.667. The van der Waals surface area contributed by atoms with Crippen LogP contribution >= 0.6 is 27.5 Å². The summed E-state index contributed by atoms with van der Waals surface area (Å²) in [7, 11) is 0. The van der Waals surface area contributed by atoms with Gasteiger partial charge in [-0.25, -0.2) is 0 Å². The number of benzene rings is 1. The molecular weight excluding hydrogens is 298 g/mol. The lowest BCUT2D eigenvalue weighted by molar-refractivity contribution is -0.274. The average Bonchev–Trinajstić information content (AvgIpc) is 2.07. The Morgan fingerprint density at radius 1 is 1.40 bits per heavy atom. The summed E-state index contributed by atoms with van der Waals surface area (Å²) in [5.41, 5.74) is 5.95. The van der Waals surface area contributed by atoms with Crippen LogP contribution in [0.1, 0.15) is 5.56 Å². The van der Waals surface area contributed by atoms with Gasteiger partial charge in [-0.2, -0.15) is 0 Å². The van der Waals surface area contributed by atoms with Crippen molar-refractivity contribution in [2.75, 3.05) is 5.73 Å². The van der Waals surface area contributed by atoms with Crippen molar-refractivity contribution in [1.82, 2.24) is 0 Å². The number of anilines is 1. The van der Waals surface area contributed by atoms with Crippen LogP contribution in [0.15, 0.2) is 12.1 Å². The molecule has 0 aliphatic carbocycles. The predicted molar refractivity (Wildman–Crippen MR) is 55.2 cm³/mol. The van der Waals surface area contributed by atoms with Crippen LogP contribution in [0, 0.1) is 0 Å². The van der Waals surface area contributed by atoms with Gasteiger partial charge in [-0.1, -0.05) is 27.5 Å². The summed E-state index contributed by atoms with van der Waals surface area (Å²) >= 11 is 8.62. The van der Waals surface area contributed by atoms with Crippen LogP contribution in [-0.4, -0.2) is 6.36 Å². The Hall–Kier alpha value is -0.620. The highest BCUT2D eigenvalue weighted by Crippen LogP contribution is 2.36. The molecule has 1 aromatic rings. The molecule has 7 heteroatoms. The van der Waals surface area contributed by atoms with Crippen LogP contribution in [-0.2, 0) is 5.33 Å². The molecule has 15 heavy (non-hydrogen) atoms. The van der Waals surface area contributed by atoms with Crippen molar-refractivity contribution in [3.63, 3.8) is 0 Å². The smallest absolute Gasteiger partial charge is 0.404 e. The Morgan fingerprint density at radius 2 is 2.00 bits per heavy atom. The Morgan fingerprint density at radius 3 is 2.47 bits per heavy atom. The van der Waals surface area contributed by atoms with E-state index in [1.807, 2.05) is 0 Å². The van der Waals surface area contributed by atoms with Crippen LogP contribution < -0.4 is 10.5 Å². The number of hydrogen-bond acceptors (Lipinski definition) is 2. The van der Waals surface area contributed by atoms with E-state index in [0.717, 1.165) is 0 Å². The minimum Gasteiger partial charge on any atom is -0.404 e. The fraction of sp³-hybridized carbons (Fsp3) is 0.250. The van der Waals surface area contributed by atoms with Gasteiger partial charge >= 0.3 is 6.36 Å². The number of ether oxygens (including phenoxy) is 1. The topological polar surface area (TPSA) is 35.2 Å². The second-order valence-electron chi connectivity index (χ2n) is 2.67. The van der Waals surface area contributed by atoms with E-state index in [-0.39, 0.29) is 21.6 Å². The molecule has 2 N–H and O–H groups in total. The van der Waals surface area contributed by atoms with Crippen molar-refractivity contribution in [2.24, 2.45) is 0 Å². The van der Waals surface area contributed by atoms with Crippen LogP contribution in [0.3, 0.4) is 0 Å². The van der Waals surface area contributed by atoms with Crippen molar-refractivity contribution in [2.45, 2.75) is 11.7 Å². The summed E-state index contributed by atoms with van der Waals surface area (Å²) in [6.45, 7) is 0. The molecule has 0 fully saturated rings. The fourth-order valence-corrected chi connectivity index (χ4v) is 1.71. The van der Waals surface area contributed by atoms with Crippen molar-refractivity contribution in [3.8, 4) is 5.75 Å². The number of nitrogens with two attached hydrogens (primary N) is 1. The van der Waals surface area contributed by atoms with Gasteiger partial charge in [-0.3, -0.25) is 0 Å². The van der Waals surface area contributed by atoms with E-state index in [1.165, 1.54) is 12.1 Å². The molecule has 0 heterocycles. The van der Waals surface area contributed by atoms with Crippen LogP contribution in [0.2, 0.25) is 5.02 Å². The predicted octanol–water partition coefficient (Wildman–Crippen LogP) is 3.72. The van der Waals surface area contributed by atoms with Crippen LogP contribution in [0.5, 0.6) is 5.75 Å². The average molecular weight is 304 g/mol. The maximum Gasteiger partial charge on any atom is 0.573 e.